The van der Waals surface area contributed by atoms with E-state index in [0.717, 1.165) is 6.42 Å². The van der Waals surface area contributed by atoms with E-state index in [1.165, 1.54) is 0 Å². The van der Waals surface area contributed by atoms with Gasteiger partial charge in [-0.3, -0.25) is 4.79 Å². The SMILES string of the molecule is CC(C)(C)C(CCN)NC(=O)COc1ccccc1. The first kappa shape index (κ1) is 15.5. The lowest BCUT2D eigenvalue weighted by Crippen LogP contribution is -2.46. The number of hydrogen-bond donors (Lipinski definition) is 2. The van der Waals surface area contributed by atoms with Gasteiger partial charge in [0.25, 0.3) is 5.91 Å². The fourth-order valence-corrected chi connectivity index (χ4v) is 1.79. The fraction of sp³-hybridized carbons (Fsp3) is 0.533. The van der Waals surface area contributed by atoms with Crippen LogP contribution in [0.15, 0.2) is 30.3 Å². The van der Waals surface area contributed by atoms with Gasteiger partial charge in [-0.05, 0) is 30.5 Å². The van der Waals surface area contributed by atoms with Gasteiger partial charge < -0.3 is 15.8 Å². The average Bonchev–Trinajstić information content (AvgIpc) is 2.36. The van der Waals surface area contributed by atoms with Crippen molar-refractivity contribution < 1.29 is 9.53 Å². The summed E-state index contributed by atoms with van der Waals surface area (Å²) in [5, 5.41) is 2.98. The van der Waals surface area contributed by atoms with E-state index in [0.29, 0.717) is 12.3 Å². The van der Waals surface area contributed by atoms with Crippen LogP contribution in [0.2, 0.25) is 0 Å². The maximum absolute atomic E-state index is 11.9. The third-order valence-corrected chi connectivity index (χ3v) is 2.95. The maximum atomic E-state index is 11.9. The predicted octanol–water partition coefficient (Wildman–Crippen LogP) is 1.95. The van der Waals surface area contributed by atoms with E-state index in [2.05, 4.69) is 26.1 Å². The molecule has 0 aliphatic rings. The highest BCUT2D eigenvalue weighted by Gasteiger charge is 2.25. The lowest BCUT2D eigenvalue weighted by Gasteiger charge is -2.31. The lowest BCUT2D eigenvalue weighted by atomic mass is 9.85. The van der Waals surface area contributed by atoms with Gasteiger partial charge in [0.15, 0.2) is 6.61 Å². The van der Waals surface area contributed by atoms with Crippen molar-refractivity contribution in [3.63, 3.8) is 0 Å². The van der Waals surface area contributed by atoms with Crippen LogP contribution in [0, 0.1) is 5.41 Å². The Kier molecular flexibility index (Phi) is 5.83. The number of benzene rings is 1. The van der Waals surface area contributed by atoms with Crippen molar-refractivity contribution in [1.29, 1.82) is 0 Å². The zero-order valence-corrected chi connectivity index (χ0v) is 12.0. The largest absolute Gasteiger partial charge is 0.484 e. The summed E-state index contributed by atoms with van der Waals surface area (Å²) in [6.45, 7) is 6.85. The summed E-state index contributed by atoms with van der Waals surface area (Å²) in [7, 11) is 0. The second-order valence-electron chi connectivity index (χ2n) is 5.67. The van der Waals surface area contributed by atoms with Crippen LogP contribution in [-0.2, 0) is 4.79 Å². The lowest BCUT2D eigenvalue weighted by molar-refractivity contribution is -0.124. The molecule has 0 aliphatic heterocycles. The first-order valence-electron chi connectivity index (χ1n) is 6.61. The molecule has 1 aromatic carbocycles. The van der Waals surface area contributed by atoms with E-state index < -0.39 is 0 Å². The Morgan fingerprint density at radius 2 is 1.95 bits per heavy atom. The van der Waals surface area contributed by atoms with Gasteiger partial charge in [0.1, 0.15) is 5.75 Å². The Morgan fingerprint density at radius 3 is 2.47 bits per heavy atom. The second kappa shape index (κ2) is 7.14. The predicted molar refractivity (Wildman–Crippen MR) is 77.0 cm³/mol. The zero-order valence-electron chi connectivity index (χ0n) is 12.0. The molecule has 106 valence electrons. The molecule has 0 saturated heterocycles. The molecule has 1 unspecified atom stereocenters. The van der Waals surface area contributed by atoms with Gasteiger partial charge >= 0.3 is 0 Å². The van der Waals surface area contributed by atoms with Crippen LogP contribution in [0.1, 0.15) is 27.2 Å². The van der Waals surface area contributed by atoms with E-state index >= 15 is 0 Å². The highest BCUT2D eigenvalue weighted by atomic mass is 16.5. The Balaban J connectivity index is 2.45. The molecule has 1 amide bonds. The Labute approximate surface area is 115 Å². The molecule has 1 rings (SSSR count). The van der Waals surface area contributed by atoms with Gasteiger partial charge in [0.2, 0.25) is 0 Å². The first-order chi connectivity index (χ1) is 8.93. The van der Waals surface area contributed by atoms with Crippen molar-refractivity contribution in [3.05, 3.63) is 30.3 Å². The number of amides is 1. The topological polar surface area (TPSA) is 64.3 Å². The van der Waals surface area contributed by atoms with Crippen LogP contribution < -0.4 is 15.8 Å². The molecule has 1 atom stereocenters. The summed E-state index contributed by atoms with van der Waals surface area (Å²) in [4.78, 5) is 11.9. The molecule has 0 aromatic heterocycles. The van der Waals surface area contributed by atoms with E-state index in [-0.39, 0.29) is 24.0 Å². The Morgan fingerprint density at radius 1 is 1.32 bits per heavy atom. The number of nitrogens with one attached hydrogen (secondary N) is 1. The van der Waals surface area contributed by atoms with E-state index in [9.17, 15) is 4.79 Å². The minimum Gasteiger partial charge on any atom is -0.484 e. The molecular weight excluding hydrogens is 240 g/mol. The zero-order chi connectivity index (χ0) is 14.3. The molecule has 0 heterocycles. The first-order valence-corrected chi connectivity index (χ1v) is 6.61. The van der Waals surface area contributed by atoms with Crippen LogP contribution in [0.25, 0.3) is 0 Å². The molecule has 0 saturated carbocycles. The molecule has 1 aromatic rings. The number of ether oxygens (including phenoxy) is 1. The van der Waals surface area contributed by atoms with Crippen LogP contribution >= 0.6 is 0 Å². The highest BCUT2D eigenvalue weighted by Crippen LogP contribution is 2.21. The number of carbonyl (C=O) groups excluding carboxylic acids is 1. The number of nitrogens with two attached hydrogens (primary N) is 1. The van der Waals surface area contributed by atoms with Crippen molar-refractivity contribution in [2.45, 2.75) is 33.2 Å². The van der Waals surface area contributed by atoms with Gasteiger partial charge in [-0.1, -0.05) is 39.0 Å². The molecule has 0 aliphatic carbocycles. The van der Waals surface area contributed by atoms with Crippen LogP contribution in [-0.4, -0.2) is 25.1 Å². The van der Waals surface area contributed by atoms with E-state index in [1.54, 1.807) is 0 Å². The number of hydrogen-bond acceptors (Lipinski definition) is 3. The molecule has 4 nitrogen and oxygen atoms in total. The molecule has 0 spiro atoms. The maximum Gasteiger partial charge on any atom is 0.258 e. The normalized spacial score (nSPS) is 12.8. The van der Waals surface area contributed by atoms with Crippen LogP contribution in [0.4, 0.5) is 0 Å². The van der Waals surface area contributed by atoms with Gasteiger partial charge in [-0.15, -0.1) is 0 Å². The van der Waals surface area contributed by atoms with Crippen LogP contribution in [0.5, 0.6) is 5.75 Å². The number of rotatable bonds is 6. The third-order valence-electron chi connectivity index (χ3n) is 2.95. The smallest absolute Gasteiger partial charge is 0.258 e. The standard InChI is InChI=1S/C15H24N2O2/c1-15(2,3)13(9-10-16)17-14(18)11-19-12-7-5-4-6-8-12/h4-8,13H,9-11,16H2,1-3H3,(H,17,18). The third kappa shape index (κ3) is 5.75. The Hall–Kier alpha value is -1.55. The van der Waals surface area contributed by atoms with E-state index in [1.807, 2.05) is 30.3 Å². The molecule has 0 radical (unpaired) electrons. The quantitative estimate of drug-likeness (QED) is 0.825. The van der Waals surface area contributed by atoms with Crippen LogP contribution in [0.3, 0.4) is 0 Å². The summed E-state index contributed by atoms with van der Waals surface area (Å²) in [6.07, 6.45) is 0.764. The van der Waals surface area contributed by atoms with E-state index in [4.69, 9.17) is 10.5 Å². The van der Waals surface area contributed by atoms with Gasteiger partial charge in [-0.25, -0.2) is 0 Å². The summed E-state index contributed by atoms with van der Waals surface area (Å²) >= 11 is 0. The Bertz CT molecular complexity index is 385. The van der Waals surface area contributed by atoms with Crippen molar-refractivity contribution >= 4 is 5.91 Å². The van der Waals surface area contributed by atoms with Crippen molar-refractivity contribution in [2.24, 2.45) is 11.1 Å². The molecule has 0 fully saturated rings. The monoisotopic (exact) mass is 264 g/mol. The molecule has 3 N–H and O–H groups in total. The summed E-state index contributed by atoms with van der Waals surface area (Å²) in [5.74, 6) is 0.584. The number of carbonyl (C=O) groups is 1. The van der Waals surface area contributed by atoms with Gasteiger partial charge in [0.05, 0.1) is 0 Å². The van der Waals surface area contributed by atoms with Crippen molar-refractivity contribution in [3.8, 4) is 5.75 Å². The van der Waals surface area contributed by atoms with Gasteiger partial charge in [0, 0.05) is 6.04 Å². The van der Waals surface area contributed by atoms with Crippen molar-refractivity contribution in [1.82, 2.24) is 5.32 Å². The highest BCUT2D eigenvalue weighted by molar-refractivity contribution is 5.77. The minimum absolute atomic E-state index is 0.0121. The molecule has 0 bridgehead atoms. The molecule has 4 heteroatoms. The fourth-order valence-electron chi connectivity index (χ4n) is 1.79. The number of para-hydroxylation sites is 1. The van der Waals surface area contributed by atoms with Gasteiger partial charge in [-0.2, -0.15) is 0 Å². The van der Waals surface area contributed by atoms with Crippen molar-refractivity contribution in [2.75, 3.05) is 13.2 Å². The molecule has 19 heavy (non-hydrogen) atoms. The minimum atomic E-state index is -0.114. The summed E-state index contributed by atoms with van der Waals surface area (Å²) < 4.78 is 5.42. The summed E-state index contributed by atoms with van der Waals surface area (Å²) in [5.41, 5.74) is 5.57. The second-order valence-corrected chi connectivity index (χ2v) is 5.67. The molecular formula is C15H24N2O2. The average molecular weight is 264 g/mol. The summed E-state index contributed by atoms with van der Waals surface area (Å²) in [6, 6.07) is 9.37.